The number of anilines is 3. The Morgan fingerprint density at radius 3 is 2.74 bits per heavy atom. The summed E-state index contributed by atoms with van der Waals surface area (Å²) in [5, 5.41) is 2.71. The first-order valence-corrected chi connectivity index (χ1v) is 15.2. The van der Waals surface area contributed by atoms with E-state index in [-0.39, 0.29) is 22.7 Å². The van der Waals surface area contributed by atoms with E-state index >= 15 is 8.78 Å². The molecule has 5 heterocycles. The molecule has 1 atom stereocenters. The van der Waals surface area contributed by atoms with Gasteiger partial charge in [0, 0.05) is 24.8 Å². The third kappa shape index (κ3) is 4.91. The van der Waals surface area contributed by atoms with Crippen LogP contribution in [0.2, 0.25) is 0 Å². The third-order valence-electron chi connectivity index (χ3n) is 7.43. The molecule has 220 valence electrons. The lowest BCUT2D eigenvalue weighted by Gasteiger charge is -2.23. The van der Waals surface area contributed by atoms with E-state index in [1.165, 1.54) is 18.6 Å². The van der Waals surface area contributed by atoms with Crippen LogP contribution >= 0.6 is 0 Å². The average molecular weight is 606 g/mol. The zero-order valence-electron chi connectivity index (χ0n) is 22.6. The fourth-order valence-electron chi connectivity index (χ4n) is 5.36. The van der Waals surface area contributed by atoms with Crippen molar-refractivity contribution >= 4 is 38.4 Å². The van der Waals surface area contributed by atoms with Gasteiger partial charge < -0.3 is 14.8 Å². The van der Waals surface area contributed by atoms with E-state index in [4.69, 9.17) is 9.47 Å². The molecule has 1 saturated heterocycles. The molecule has 2 aliphatic heterocycles. The van der Waals surface area contributed by atoms with Crippen molar-refractivity contribution in [2.75, 3.05) is 23.3 Å². The van der Waals surface area contributed by atoms with Crippen molar-refractivity contribution in [3.05, 3.63) is 78.5 Å². The Hall–Kier alpha value is -4.69. The molecule has 0 saturated carbocycles. The summed E-state index contributed by atoms with van der Waals surface area (Å²) in [6.07, 6.45) is 7.68. The number of ether oxygens (including phenoxy) is 2. The third-order valence-corrected chi connectivity index (χ3v) is 8.82. The minimum Gasteiger partial charge on any atom is -0.492 e. The van der Waals surface area contributed by atoms with Crippen LogP contribution in [0.15, 0.2) is 66.2 Å². The largest absolute Gasteiger partial charge is 0.492 e. The molecule has 2 aromatic carbocycles. The normalized spacial score (nSPS) is 16.6. The Balaban J connectivity index is 1.23. The van der Waals surface area contributed by atoms with E-state index in [1.807, 2.05) is 4.57 Å². The summed E-state index contributed by atoms with van der Waals surface area (Å²) in [4.78, 5) is 17.5. The maximum atomic E-state index is 15.8. The topological polar surface area (TPSA) is 133 Å². The van der Waals surface area contributed by atoms with E-state index in [1.54, 1.807) is 30.6 Å². The minimum atomic E-state index is -4.26. The van der Waals surface area contributed by atoms with Gasteiger partial charge in [-0.3, -0.25) is 9.29 Å². The van der Waals surface area contributed by atoms with Crippen molar-refractivity contribution < 1.29 is 26.7 Å². The Bertz CT molecular complexity index is 1960. The number of nitrogens with zero attached hydrogens (tertiary/aromatic N) is 5. The van der Waals surface area contributed by atoms with Crippen LogP contribution in [0.25, 0.3) is 22.4 Å². The highest BCUT2D eigenvalue weighted by atomic mass is 32.2. The van der Waals surface area contributed by atoms with E-state index in [0.29, 0.717) is 42.1 Å². The zero-order chi connectivity index (χ0) is 29.6. The standard InChI is InChI=1S/C29H25F2N7O4S/c30-19-9-10-20(37-43(39,40)21-7-3-5-17-11-14-42-27(17)21)23(31)25(19)36-28-18(6-4-12-32-28)24-26-29(34-15-33-24)38(16-35-26)22-8-1-2-13-41-22/h3-7,9-10,12,15-16,22,37H,1-2,8,11,13-14H2,(H,32,36). The first kappa shape index (κ1) is 27.2. The molecule has 0 radical (unpaired) electrons. The molecule has 2 aliphatic rings. The molecule has 0 spiro atoms. The van der Waals surface area contributed by atoms with Gasteiger partial charge in [0.2, 0.25) is 0 Å². The van der Waals surface area contributed by atoms with E-state index < -0.39 is 33.0 Å². The monoisotopic (exact) mass is 605 g/mol. The Morgan fingerprint density at radius 2 is 1.88 bits per heavy atom. The smallest absolute Gasteiger partial charge is 0.265 e. The molecule has 0 aliphatic carbocycles. The number of hydrogen-bond acceptors (Lipinski definition) is 9. The second-order valence-corrected chi connectivity index (χ2v) is 11.8. The van der Waals surface area contributed by atoms with Crippen LogP contribution in [-0.2, 0) is 21.2 Å². The molecule has 1 fully saturated rings. The van der Waals surface area contributed by atoms with Gasteiger partial charge in [0.05, 0.1) is 18.6 Å². The highest BCUT2D eigenvalue weighted by Crippen LogP contribution is 2.37. The second kappa shape index (κ2) is 10.9. The van der Waals surface area contributed by atoms with Crippen molar-refractivity contribution in [1.82, 2.24) is 24.5 Å². The molecule has 11 nitrogen and oxygen atoms in total. The van der Waals surface area contributed by atoms with E-state index in [2.05, 4.69) is 30.0 Å². The summed E-state index contributed by atoms with van der Waals surface area (Å²) in [5.74, 6) is -1.80. The van der Waals surface area contributed by atoms with Gasteiger partial charge in [-0.1, -0.05) is 12.1 Å². The number of halogens is 2. The molecule has 5 aromatic rings. The number of fused-ring (bicyclic) bond motifs is 2. The lowest BCUT2D eigenvalue weighted by molar-refractivity contribution is -0.0298. The second-order valence-electron chi connectivity index (χ2n) is 10.1. The fraction of sp³-hybridized carbons (Fsp3) is 0.241. The maximum Gasteiger partial charge on any atom is 0.265 e. The molecule has 14 heteroatoms. The molecule has 43 heavy (non-hydrogen) atoms. The summed E-state index contributed by atoms with van der Waals surface area (Å²) in [5.41, 5.74) is 1.51. The van der Waals surface area contributed by atoms with Gasteiger partial charge in [-0.25, -0.2) is 37.1 Å². The summed E-state index contributed by atoms with van der Waals surface area (Å²) >= 11 is 0. The highest BCUT2D eigenvalue weighted by Gasteiger charge is 2.28. The quantitative estimate of drug-likeness (QED) is 0.252. The molecule has 3 aromatic heterocycles. The number of para-hydroxylation sites is 1. The number of sulfonamides is 1. The van der Waals surface area contributed by atoms with Gasteiger partial charge in [-0.15, -0.1) is 0 Å². The van der Waals surface area contributed by atoms with Crippen LogP contribution in [0.4, 0.5) is 26.0 Å². The Labute approximate surface area is 245 Å². The fourth-order valence-corrected chi connectivity index (χ4v) is 6.61. The molecule has 2 N–H and O–H groups in total. The number of benzene rings is 2. The molecule has 1 unspecified atom stereocenters. The number of hydrogen-bond donors (Lipinski definition) is 2. The molecule has 0 bridgehead atoms. The summed E-state index contributed by atoms with van der Waals surface area (Å²) < 4.78 is 72.8. The maximum absolute atomic E-state index is 15.8. The van der Waals surface area contributed by atoms with Gasteiger partial charge in [0.15, 0.2) is 11.5 Å². The predicted octanol–water partition coefficient (Wildman–Crippen LogP) is 5.34. The summed E-state index contributed by atoms with van der Waals surface area (Å²) in [7, 11) is -4.26. The van der Waals surface area contributed by atoms with Crippen molar-refractivity contribution in [1.29, 1.82) is 0 Å². The Morgan fingerprint density at radius 1 is 0.977 bits per heavy atom. The summed E-state index contributed by atoms with van der Waals surface area (Å²) in [6.45, 7) is 0.993. The number of imidazole rings is 1. The van der Waals surface area contributed by atoms with Gasteiger partial charge in [0.25, 0.3) is 10.0 Å². The number of nitrogens with one attached hydrogen (secondary N) is 2. The average Bonchev–Trinajstić information content (AvgIpc) is 3.69. The van der Waals surface area contributed by atoms with Crippen molar-refractivity contribution in [2.45, 2.75) is 36.8 Å². The van der Waals surface area contributed by atoms with Crippen LogP contribution in [0.5, 0.6) is 5.75 Å². The van der Waals surface area contributed by atoms with Gasteiger partial charge >= 0.3 is 0 Å². The van der Waals surface area contributed by atoms with E-state index in [9.17, 15) is 8.42 Å². The van der Waals surface area contributed by atoms with Crippen LogP contribution in [-0.4, -0.2) is 46.1 Å². The highest BCUT2D eigenvalue weighted by molar-refractivity contribution is 7.92. The van der Waals surface area contributed by atoms with Crippen LogP contribution in [0.3, 0.4) is 0 Å². The van der Waals surface area contributed by atoms with Crippen LogP contribution in [0.1, 0.15) is 31.1 Å². The molecule has 0 amide bonds. The van der Waals surface area contributed by atoms with Gasteiger partial charge in [0.1, 0.15) is 51.7 Å². The van der Waals surface area contributed by atoms with Crippen molar-refractivity contribution in [3.8, 4) is 17.0 Å². The zero-order valence-corrected chi connectivity index (χ0v) is 23.4. The van der Waals surface area contributed by atoms with Crippen LogP contribution < -0.4 is 14.8 Å². The lowest BCUT2D eigenvalue weighted by atomic mass is 10.1. The van der Waals surface area contributed by atoms with E-state index in [0.717, 1.165) is 37.0 Å². The predicted molar refractivity (Wildman–Crippen MR) is 153 cm³/mol. The number of rotatable bonds is 7. The number of aromatic nitrogens is 5. The van der Waals surface area contributed by atoms with Crippen molar-refractivity contribution in [2.24, 2.45) is 0 Å². The summed E-state index contributed by atoms with van der Waals surface area (Å²) in [6, 6.07) is 10.1. The lowest BCUT2D eigenvalue weighted by Crippen LogP contribution is -2.17. The first-order chi connectivity index (χ1) is 20.9. The van der Waals surface area contributed by atoms with Crippen LogP contribution in [0, 0.1) is 11.6 Å². The number of pyridine rings is 1. The first-order valence-electron chi connectivity index (χ1n) is 13.7. The van der Waals surface area contributed by atoms with Gasteiger partial charge in [-0.2, -0.15) is 0 Å². The van der Waals surface area contributed by atoms with Gasteiger partial charge in [-0.05, 0) is 55.2 Å². The van der Waals surface area contributed by atoms with Crippen molar-refractivity contribution in [3.63, 3.8) is 0 Å². The molecular weight excluding hydrogens is 580 g/mol. The molecular formula is C29H25F2N7O4S. The SMILES string of the molecule is O=S(=O)(Nc1ccc(F)c(Nc2ncccc2-c2ncnc3c2ncn3C2CCCCO2)c1F)c1cccc2c1OCC2. The minimum absolute atomic E-state index is 0.0815. The Kier molecular flexibility index (Phi) is 6.86. The molecule has 7 rings (SSSR count).